The molecule has 0 aliphatic heterocycles. The summed E-state index contributed by atoms with van der Waals surface area (Å²) in [5.74, 6) is 0.911. The molecule has 1 rings (SSSR count). The van der Waals surface area contributed by atoms with E-state index < -0.39 is 0 Å². The molecular weight excluding hydrogens is 379 g/mol. The number of guanidine groups is 1. The molecule has 0 unspecified atom stereocenters. The molecule has 0 aromatic rings. The predicted octanol–water partition coefficient (Wildman–Crippen LogP) is 2.41. The number of halogens is 1. The van der Waals surface area contributed by atoms with E-state index in [9.17, 15) is 4.79 Å². The molecule has 0 radical (unpaired) electrons. The third-order valence-corrected chi connectivity index (χ3v) is 3.35. The van der Waals surface area contributed by atoms with Crippen molar-refractivity contribution in [2.75, 3.05) is 13.1 Å². The molecule has 1 amide bonds. The van der Waals surface area contributed by atoms with Crippen LogP contribution in [0.5, 0.6) is 0 Å². The SMILES string of the molecule is CCNC(=NCCC(=O)NC(C)C)NC1CCCCC1.I. The molecule has 0 heterocycles. The number of hydrogen-bond acceptors (Lipinski definition) is 2. The highest BCUT2D eigenvalue weighted by Gasteiger charge is 2.14. The second-order valence-corrected chi connectivity index (χ2v) is 5.71. The van der Waals surface area contributed by atoms with Gasteiger partial charge in [0.15, 0.2) is 5.96 Å². The first-order valence-corrected chi connectivity index (χ1v) is 7.96. The molecular formula is C15H31IN4O. The number of nitrogens with zero attached hydrogens (tertiary/aromatic N) is 1. The summed E-state index contributed by atoms with van der Waals surface area (Å²) >= 11 is 0. The van der Waals surface area contributed by atoms with Crippen LogP contribution in [0.3, 0.4) is 0 Å². The molecule has 21 heavy (non-hydrogen) atoms. The molecule has 0 aromatic heterocycles. The monoisotopic (exact) mass is 410 g/mol. The molecule has 1 saturated carbocycles. The van der Waals surface area contributed by atoms with E-state index in [1.165, 1.54) is 32.1 Å². The van der Waals surface area contributed by atoms with Crippen LogP contribution in [0.1, 0.15) is 59.3 Å². The van der Waals surface area contributed by atoms with Crippen LogP contribution in [0.2, 0.25) is 0 Å². The number of rotatable bonds is 6. The van der Waals surface area contributed by atoms with E-state index >= 15 is 0 Å². The van der Waals surface area contributed by atoms with E-state index in [2.05, 4.69) is 27.9 Å². The van der Waals surface area contributed by atoms with Crippen molar-refractivity contribution >= 4 is 35.8 Å². The summed E-state index contributed by atoms with van der Waals surface area (Å²) in [5, 5.41) is 9.61. The molecule has 0 bridgehead atoms. The Labute approximate surface area is 146 Å². The molecule has 3 N–H and O–H groups in total. The highest BCUT2D eigenvalue weighted by Crippen LogP contribution is 2.17. The number of carbonyl (C=O) groups is 1. The summed E-state index contributed by atoms with van der Waals surface area (Å²) in [7, 11) is 0. The van der Waals surface area contributed by atoms with Crippen molar-refractivity contribution in [1.29, 1.82) is 0 Å². The van der Waals surface area contributed by atoms with E-state index in [0.29, 0.717) is 19.0 Å². The van der Waals surface area contributed by atoms with Crippen molar-refractivity contribution in [2.45, 2.75) is 71.4 Å². The smallest absolute Gasteiger partial charge is 0.222 e. The minimum absolute atomic E-state index is 0. The Balaban J connectivity index is 0.00000400. The van der Waals surface area contributed by atoms with E-state index in [0.717, 1.165) is 12.5 Å². The first-order valence-electron chi connectivity index (χ1n) is 7.96. The molecule has 6 heteroatoms. The molecule has 0 aromatic carbocycles. The zero-order valence-corrected chi connectivity index (χ0v) is 15.9. The molecule has 1 fully saturated rings. The lowest BCUT2D eigenvalue weighted by Gasteiger charge is -2.24. The van der Waals surface area contributed by atoms with Gasteiger partial charge in [0.2, 0.25) is 5.91 Å². The van der Waals surface area contributed by atoms with Gasteiger partial charge in [-0.25, -0.2) is 0 Å². The number of hydrogen-bond donors (Lipinski definition) is 3. The van der Waals surface area contributed by atoms with E-state index in [1.54, 1.807) is 0 Å². The second-order valence-electron chi connectivity index (χ2n) is 5.71. The van der Waals surface area contributed by atoms with Gasteiger partial charge in [-0.05, 0) is 33.6 Å². The molecule has 5 nitrogen and oxygen atoms in total. The zero-order valence-electron chi connectivity index (χ0n) is 13.6. The Bertz CT molecular complexity index is 315. The highest BCUT2D eigenvalue weighted by atomic mass is 127. The fourth-order valence-corrected chi connectivity index (χ4v) is 2.42. The number of amides is 1. The Morgan fingerprint density at radius 3 is 2.48 bits per heavy atom. The fraction of sp³-hybridized carbons (Fsp3) is 0.867. The summed E-state index contributed by atoms with van der Waals surface area (Å²) in [6, 6.07) is 0.728. The summed E-state index contributed by atoms with van der Waals surface area (Å²) in [6.07, 6.45) is 6.83. The number of carbonyl (C=O) groups excluding carboxylic acids is 1. The normalized spacial score (nSPS) is 16.3. The summed E-state index contributed by atoms with van der Waals surface area (Å²) in [4.78, 5) is 16.1. The predicted molar refractivity (Wildman–Crippen MR) is 99.3 cm³/mol. The second kappa shape index (κ2) is 12.1. The molecule has 1 aliphatic carbocycles. The van der Waals surface area contributed by atoms with Crippen molar-refractivity contribution in [3.63, 3.8) is 0 Å². The van der Waals surface area contributed by atoms with Gasteiger partial charge < -0.3 is 16.0 Å². The van der Waals surface area contributed by atoms with Gasteiger partial charge in [0.05, 0.1) is 6.54 Å². The van der Waals surface area contributed by atoms with Gasteiger partial charge in [-0.3, -0.25) is 9.79 Å². The maximum Gasteiger partial charge on any atom is 0.222 e. The first kappa shape index (κ1) is 20.5. The average Bonchev–Trinajstić information content (AvgIpc) is 2.39. The van der Waals surface area contributed by atoms with Crippen LogP contribution in [0.4, 0.5) is 0 Å². The number of nitrogens with one attached hydrogen (secondary N) is 3. The highest BCUT2D eigenvalue weighted by molar-refractivity contribution is 14.0. The van der Waals surface area contributed by atoms with Crippen LogP contribution in [-0.4, -0.2) is 37.0 Å². The lowest BCUT2D eigenvalue weighted by atomic mass is 9.96. The van der Waals surface area contributed by atoms with Gasteiger partial charge in [-0.15, -0.1) is 24.0 Å². The molecule has 0 atom stereocenters. The molecule has 1 aliphatic rings. The lowest BCUT2D eigenvalue weighted by molar-refractivity contribution is -0.121. The van der Waals surface area contributed by atoms with Crippen LogP contribution in [0.15, 0.2) is 4.99 Å². The standard InChI is InChI=1S/C15H30N4O.HI/c1-4-16-15(19-13-8-6-5-7-9-13)17-11-10-14(20)18-12(2)3;/h12-13H,4-11H2,1-3H3,(H,18,20)(H2,16,17,19);1H. The quantitative estimate of drug-likeness (QED) is 0.358. The molecule has 124 valence electrons. The first-order chi connectivity index (χ1) is 9.61. The van der Waals surface area contributed by atoms with E-state index in [4.69, 9.17) is 0 Å². The van der Waals surface area contributed by atoms with Crippen molar-refractivity contribution in [1.82, 2.24) is 16.0 Å². The summed E-state index contributed by atoms with van der Waals surface area (Å²) < 4.78 is 0. The van der Waals surface area contributed by atoms with Gasteiger partial charge in [0.25, 0.3) is 0 Å². The lowest BCUT2D eigenvalue weighted by Crippen LogP contribution is -2.44. The number of aliphatic imine (C=N–C) groups is 1. The van der Waals surface area contributed by atoms with Gasteiger partial charge in [0.1, 0.15) is 0 Å². The van der Waals surface area contributed by atoms with Crippen molar-refractivity contribution in [3.8, 4) is 0 Å². The third-order valence-electron chi connectivity index (χ3n) is 3.35. The van der Waals surface area contributed by atoms with Crippen molar-refractivity contribution in [2.24, 2.45) is 4.99 Å². The van der Waals surface area contributed by atoms with Crippen LogP contribution in [0.25, 0.3) is 0 Å². The van der Waals surface area contributed by atoms with Crippen LogP contribution in [-0.2, 0) is 4.79 Å². The van der Waals surface area contributed by atoms with Crippen molar-refractivity contribution < 1.29 is 4.79 Å². The van der Waals surface area contributed by atoms with Gasteiger partial charge in [-0.2, -0.15) is 0 Å². The Morgan fingerprint density at radius 2 is 1.90 bits per heavy atom. The minimum Gasteiger partial charge on any atom is -0.357 e. The topological polar surface area (TPSA) is 65.5 Å². The van der Waals surface area contributed by atoms with Crippen LogP contribution in [0, 0.1) is 0 Å². The van der Waals surface area contributed by atoms with Gasteiger partial charge in [0, 0.05) is 25.0 Å². The van der Waals surface area contributed by atoms with Crippen LogP contribution >= 0.6 is 24.0 Å². The summed E-state index contributed by atoms with van der Waals surface area (Å²) in [5.41, 5.74) is 0. The maximum absolute atomic E-state index is 11.6. The Morgan fingerprint density at radius 1 is 1.24 bits per heavy atom. The van der Waals surface area contributed by atoms with Gasteiger partial charge in [-0.1, -0.05) is 19.3 Å². The largest absolute Gasteiger partial charge is 0.357 e. The molecule has 0 spiro atoms. The molecule has 0 saturated heterocycles. The Kier molecular flexibility index (Phi) is 11.8. The zero-order chi connectivity index (χ0) is 14.8. The minimum atomic E-state index is 0. The third kappa shape index (κ3) is 9.92. The van der Waals surface area contributed by atoms with E-state index in [1.807, 2.05) is 13.8 Å². The summed E-state index contributed by atoms with van der Waals surface area (Å²) in [6.45, 7) is 7.37. The van der Waals surface area contributed by atoms with Crippen LogP contribution < -0.4 is 16.0 Å². The maximum atomic E-state index is 11.6. The average molecular weight is 410 g/mol. The Hall–Kier alpha value is -0.530. The van der Waals surface area contributed by atoms with Crippen molar-refractivity contribution in [3.05, 3.63) is 0 Å². The van der Waals surface area contributed by atoms with Gasteiger partial charge >= 0.3 is 0 Å². The fourth-order valence-electron chi connectivity index (χ4n) is 2.42. The van der Waals surface area contributed by atoms with E-state index in [-0.39, 0.29) is 35.9 Å².